The lowest BCUT2D eigenvalue weighted by Crippen LogP contribution is -2.13. The molecule has 0 aliphatic carbocycles. The number of benzene rings is 2. The van der Waals surface area contributed by atoms with Gasteiger partial charge in [0.05, 0.1) is 16.8 Å². The summed E-state index contributed by atoms with van der Waals surface area (Å²) >= 11 is 1.59. The van der Waals surface area contributed by atoms with Crippen LogP contribution in [0, 0.1) is 11.8 Å². The average molecular weight is 370 g/mol. The van der Waals surface area contributed by atoms with Crippen molar-refractivity contribution >= 4 is 22.9 Å². The van der Waals surface area contributed by atoms with E-state index in [4.69, 9.17) is 0 Å². The fraction of sp³-hybridized carbons (Fsp3) is 0. The summed E-state index contributed by atoms with van der Waals surface area (Å²) < 4.78 is 0. The molecule has 4 rings (SSSR count). The van der Waals surface area contributed by atoms with Gasteiger partial charge in [0.1, 0.15) is 0 Å². The number of para-hydroxylation sites is 1. The zero-order valence-electron chi connectivity index (χ0n) is 14.2. The number of carbonyl (C=O) groups excluding carboxylic acids is 1. The normalized spacial score (nSPS) is 10.1. The highest BCUT2D eigenvalue weighted by atomic mass is 32.1. The van der Waals surface area contributed by atoms with Crippen LogP contribution in [0.25, 0.3) is 5.69 Å². The van der Waals surface area contributed by atoms with Gasteiger partial charge in [0.2, 0.25) is 0 Å². The van der Waals surface area contributed by atoms with Crippen LogP contribution in [0.3, 0.4) is 0 Å². The molecule has 1 amide bonds. The standard InChI is InChI=1S/C21H14N4OS/c26-21(20-15-22-25(24-20)18-8-2-1-3-9-18)23-17-7-4-6-16(14-17)11-12-19-10-5-13-27-19/h1-10,13-15H,(H,23,26). The molecule has 27 heavy (non-hydrogen) atoms. The lowest BCUT2D eigenvalue weighted by atomic mass is 10.2. The van der Waals surface area contributed by atoms with Crippen LogP contribution in [0.2, 0.25) is 0 Å². The van der Waals surface area contributed by atoms with E-state index in [0.29, 0.717) is 5.69 Å². The first-order valence-corrected chi connectivity index (χ1v) is 9.11. The number of amides is 1. The molecule has 0 fully saturated rings. The summed E-state index contributed by atoms with van der Waals surface area (Å²) in [5.41, 5.74) is 2.53. The van der Waals surface area contributed by atoms with Gasteiger partial charge >= 0.3 is 0 Å². The van der Waals surface area contributed by atoms with Crippen molar-refractivity contribution in [1.82, 2.24) is 15.0 Å². The zero-order chi connectivity index (χ0) is 18.5. The second-order valence-electron chi connectivity index (χ2n) is 5.62. The van der Waals surface area contributed by atoms with E-state index in [1.165, 1.54) is 11.0 Å². The molecule has 1 N–H and O–H groups in total. The molecule has 0 spiro atoms. The highest BCUT2D eigenvalue weighted by molar-refractivity contribution is 7.10. The van der Waals surface area contributed by atoms with Crippen LogP contribution < -0.4 is 5.32 Å². The van der Waals surface area contributed by atoms with E-state index in [2.05, 4.69) is 27.4 Å². The molecule has 5 nitrogen and oxygen atoms in total. The molecule has 4 aromatic rings. The molecule has 2 aromatic heterocycles. The maximum atomic E-state index is 12.5. The van der Waals surface area contributed by atoms with Crippen LogP contribution in [-0.2, 0) is 0 Å². The lowest BCUT2D eigenvalue weighted by Gasteiger charge is -2.03. The van der Waals surface area contributed by atoms with Crippen LogP contribution in [0.15, 0.2) is 78.3 Å². The summed E-state index contributed by atoms with van der Waals surface area (Å²) in [6, 6.07) is 20.8. The molecule has 0 saturated heterocycles. The van der Waals surface area contributed by atoms with Gasteiger partial charge in [-0.15, -0.1) is 16.4 Å². The number of rotatable bonds is 3. The highest BCUT2D eigenvalue weighted by Crippen LogP contribution is 2.13. The fourth-order valence-electron chi connectivity index (χ4n) is 2.41. The Balaban J connectivity index is 1.49. The van der Waals surface area contributed by atoms with Crippen molar-refractivity contribution in [3.63, 3.8) is 0 Å². The molecule has 0 aliphatic heterocycles. The van der Waals surface area contributed by atoms with Crippen LogP contribution >= 0.6 is 11.3 Å². The lowest BCUT2D eigenvalue weighted by molar-refractivity contribution is 0.102. The van der Waals surface area contributed by atoms with Crippen molar-refractivity contribution in [2.45, 2.75) is 0 Å². The van der Waals surface area contributed by atoms with Gasteiger partial charge in [-0.25, -0.2) is 0 Å². The molecule has 0 atom stereocenters. The van der Waals surface area contributed by atoms with Gasteiger partial charge in [-0.2, -0.15) is 9.90 Å². The Bertz CT molecular complexity index is 1120. The van der Waals surface area contributed by atoms with E-state index in [9.17, 15) is 4.79 Å². The minimum absolute atomic E-state index is 0.244. The van der Waals surface area contributed by atoms with Gasteiger partial charge in [-0.05, 0) is 41.8 Å². The summed E-state index contributed by atoms with van der Waals surface area (Å²) in [6.07, 6.45) is 1.45. The topological polar surface area (TPSA) is 59.8 Å². The van der Waals surface area contributed by atoms with Crippen molar-refractivity contribution in [2.75, 3.05) is 5.32 Å². The monoisotopic (exact) mass is 370 g/mol. The number of thiophene rings is 1. The maximum Gasteiger partial charge on any atom is 0.277 e. The summed E-state index contributed by atoms with van der Waals surface area (Å²) in [5.74, 6) is 5.89. The van der Waals surface area contributed by atoms with Crippen molar-refractivity contribution in [2.24, 2.45) is 0 Å². The van der Waals surface area contributed by atoms with Gasteiger partial charge in [0.15, 0.2) is 5.69 Å². The van der Waals surface area contributed by atoms with E-state index >= 15 is 0 Å². The molecular formula is C21H14N4OS. The number of nitrogens with zero attached hydrogens (tertiary/aromatic N) is 3. The van der Waals surface area contributed by atoms with E-state index in [1.54, 1.807) is 11.3 Å². The first kappa shape index (κ1) is 16.8. The summed E-state index contributed by atoms with van der Waals surface area (Å²) in [4.78, 5) is 14.9. The third-order valence-electron chi connectivity index (χ3n) is 3.68. The molecule has 0 aliphatic rings. The maximum absolute atomic E-state index is 12.5. The quantitative estimate of drug-likeness (QED) is 0.555. The molecule has 2 heterocycles. The second-order valence-corrected chi connectivity index (χ2v) is 6.56. The second kappa shape index (κ2) is 7.68. The highest BCUT2D eigenvalue weighted by Gasteiger charge is 2.11. The van der Waals surface area contributed by atoms with Gasteiger partial charge in [-0.1, -0.05) is 42.2 Å². The van der Waals surface area contributed by atoms with E-state index in [0.717, 1.165) is 16.1 Å². The third kappa shape index (κ3) is 4.11. The van der Waals surface area contributed by atoms with E-state index in [-0.39, 0.29) is 11.6 Å². The molecule has 0 saturated carbocycles. The van der Waals surface area contributed by atoms with E-state index in [1.807, 2.05) is 72.1 Å². The smallest absolute Gasteiger partial charge is 0.277 e. The Hall–Kier alpha value is -3.69. The third-order valence-corrected chi connectivity index (χ3v) is 4.47. The number of aromatic nitrogens is 3. The Morgan fingerprint density at radius 2 is 1.89 bits per heavy atom. The Morgan fingerprint density at radius 3 is 2.70 bits per heavy atom. The van der Waals surface area contributed by atoms with Gasteiger partial charge in [0, 0.05) is 11.3 Å². The predicted octanol–water partition coefficient (Wildman–Crippen LogP) is 3.98. The van der Waals surface area contributed by atoms with Crippen LogP contribution in [0.5, 0.6) is 0 Å². The first-order valence-electron chi connectivity index (χ1n) is 8.23. The summed E-state index contributed by atoms with van der Waals surface area (Å²) in [6.45, 7) is 0. The summed E-state index contributed by atoms with van der Waals surface area (Å²) in [7, 11) is 0. The van der Waals surface area contributed by atoms with Gasteiger partial charge < -0.3 is 5.32 Å². The van der Waals surface area contributed by atoms with Crippen LogP contribution in [-0.4, -0.2) is 20.9 Å². The number of hydrogen-bond donors (Lipinski definition) is 1. The molecule has 0 bridgehead atoms. The van der Waals surface area contributed by atoms with Crippen molar-refractivity contribution in [3.05, 3.63) is 94.4 Å². The first-order chi connectivity index (χ1) is 13.3. The largest absolute Gasteiger partial charge is 0.321 e. The van der Waals surface area contributed by atoms with Crippen molar-refractivity contribution in [1.29, 1.82) is 0 Å². The number of carbonyl (C=O) groups is 1. The molecule has 130 valence electrons. The van der Waals surface area contributed by atoms with Crippen LogP contribution in [0.4, 0.5) is 5.69 Å². The molecule has 2 aromatic carbocycles. The molecular weight excluding hydrogens is 356 g/mol. The van der Waals surface area contributed by atoms with Gasteiger partial charge in [-0.3, -0.25) is 4.79 Å². The fourth-order valence-corrected chi connectivity index (χ4v) is 2.98. The number of hydrogen-bond acceptors (Lipinski definition) is 4. The van der Waals surface area contributed by atoms with Crippen molar-refractivity contribution in [3.8, 4) is 17.5 Å². The zero-order valence-corrected chi connectivity index (χ0v) is 15.0. The summed E-state index contributed by atoms with van der Waals surface area (Å²) in [5, 5.41) is 13.2. The SMILES string of the molecule is O=C(Nc1cccc(C#Cc2cccs2)c1)c1cnn(-c2ccccc2)n1. The average Bonchev–Trinajstić information content (AvgIpc) is 3.39. The predicted molar refractivity (Wildman–Crippen MR) is 106 cm³/mol. The molecule has 0 radical (unpaired) electrons. The van der Waals surface area contributed by atoms with Crippen molar-refractivity contribution < 1.29 is 4.79 Å². The minimum Gasteiger partial charge on any atom is -0.321 e. The van der Waals surface area contributed by atoms with Crippen LogP contribution in [0.1, 0.15) is 20.9 Å². The van der Waals surface area contributed by atoms with Gasteiger partial charge in [0.25, 0.3) is 5.91 Å². The Labute approximate surface area is 160 Å². The minimum atomic E-state index is -0.319. The molecule has 0 unspecified atom stereocenters. The number of anilines is 1. The molecule has 6 heteroatoms. The Morgan fingerprint density at radius 1 is 1.00 bits per heavy atom. The Kier molecular flexibility index (Phi) is 4.77. The van der Waals surface area contributed by atoms with E-state index < -0.39 is 0 Å². The number of nitrogens with one attached hydrogen (secondary N) is 1.